The molecular weight excluding hydrogens is 250 g/mol. The molecule has 4 N–H and O–H groups in total. The molecule has 4 heteroatoms. The number of fused-ring (bicyclic) bond motifs is 1. The van der Waals surface area contributed by atoms with Gasteiger partial charge in [-0.05, 0) is 43.4 Å². The van der Waals surface area contributed by atoms with Gasteiger partial charge in [0.1, 0.15) is 0 Å². The van der Waals surface area contributed by atoms with E-state index in [4.69, 9.17) is 5.73 Å². The maximum atomic E-state index is 11.4. The van der Waals surface area contributed by atoms with Crippen LogP contribution in [0, 0.1) is 5.41 Å². The molecule has 0 atom stereocenters. The summed E-state index contributed by atoms with van der Waals surface area (Å²) in [6.45, 7) is 11.0. The van der Waals surface area contributed by atoms with Crippen LogP contribution >= 0.6 is 0 Å². The van der Waals surface area contributed by atoms with Crippen LogP contribution in [0.1, 0.15) is 46.6 Å². The number of rotatable bonds is 3. The SMILES string of the molecule is CC(C)(C)CC(C)(C)Nc1cc2c(cc1N)CC(=O)N2. The summed E-state index contributed by atoms with van der Waals surface area (Å²) in [5.41, 5.74) is 9.71. The van der Waals surface area contributed by atoms with Crippen molar-refractivity contribution in [1.29, 1.82) is 0 Å². The minimum absolute atomic E-state index is 0.0329. The molecule has 0 unspecified atom stereocenters. The van der Waals surface area contributed by atoms with Crippen molar-refractivity contribution in [3.63, 3.8) is 0 Å². The molecule has 1 heterocycles. The Morgan fingerprint density at radius 1 is 1.25 bits per heavy atom. The van der Waals surface area contributed by atoms with Gasteiger partial charge in [0.15, 0.2) is 0 Å². The van der Waals surface area contributed by atoms with Crippen LogP contribution in [0.5, 0.6) is 0 Å². The van der Waals surface area contributed by atoms with Crippen molar-refractivity contribution < 1.29 is 4.79 Å². The predicted molar refractivity (Wildman–Crippen MR) is 85.0 cm³/mol. The van der Waals surface area contributed by atoms with Crippen LogP contribution in [0.3, 0.4) is 0 Å². The molecule has 1 aliphatic heterocycles. The van der Waals surface area contributed by atoms with E-state index < -0.39 is 0 Å². The minimum Gasteiger partial charge on any atom is -0.397 e. The molecule has 1 aromatic carbocycles. The summed E-state index contributed by atoms with van der Waals surface area (Å²) < 4.78 is 0. The van der Waals surface area contributed by atoms with Crippen LogP contribution in [0.4, 0.5) is 17.1 Å². The summed E-state index contributed by atoms with van der Waals surface area (Å²) in [7, 11) is 0. The Morgan fingerprint density at radius 3 is 2.50 bits per heavy atom. The lowest BCUT2D eigenvalue weighted by Crippen LogP contribution is -2.35. The summed E-state index contributed by atoms with van der Waals surface area (Å²) in [6.07, 6.45) is 1.44. The van der Waals surface area contributed by atoms with Gasteiger partial charge in [0.2, 0.25) is 5.91 Å². The molecule has 0 aromatic heterocycles. The first kappa shape index (κ1) is 14.7. The molecule has 0 fully saturated rings. The first-order valence-corrected chi connectivity index (χ1v) is 7.06. The highest BCUT2D eigenvalue weighted by molar-refractivity contribution is 6.00. The van der Waals surface area contributed by atoms with Gasteiger partial charge in [0.25, 0.3) is 0 Å². The molecule has 20 heavy (non-hydrogen) atoms. The quantitative estimate of drug-likeness (QED) is 0.741. The number of amides is 1. The maximum absolute atomic E-state index is 11.4. The van der Waals surface area contributed by atoms with E-state index in [1.807, 2.05) is 12.1 Å². The van der Waals surface area contributed by atoms with Gasteiger partial charge in [-0.3, -0.25) is 4.79 Å². The summed E-state index contributed by atoms with van der Waals surface area (Å²) in [5, 5.41) is 6.38. The smallest absolute Gasteiger partial charge is 0.228 e. The molecule has 1 aliphatic rings. The Morgan fingerprint density at radius 2 is 1.90 bits per heavy atom. The molecule has 0 radical (unpaired) electrons. The van der Waals surface area contributed by atoms with Crippen molar-refractivity contribution >= 4 is 23.0 Å². The normalized spacial score (nSPS) is 14.9. The third kappa shape index (κ3) is 3.44. The number of nitrogen functional groups attached to an aromatic ring is 1. The predicted octanol–water partition coefficient (Wildman–Crippen LogP) is 3.39. The fraction of sp³-hybridized carbons (Fsp3) is 0.562. The number of nitrogens with one attached hydrogen (secondary N) is 2. The molecule has 1 amide bonds. The molecule has 0 saturated carbocycles. The lowest BCUT2D eigenvalue weighted by atomic mass is 9.81. The number of carbonyl (C=O) groups excluding carboxylic acids is 1. The fourth-order valence-corrected chi connectivity index (χ4v) is 3.14. The van der Waals surface area contributed by atoms with Gasteiger partial charge in [0, 0.05) is 11.2 Å². The highest BCUT2D eigenvalue weighted by Gasteiger charge is 2.27. The molecule has 110 valence electrons. The second-order valence-electron chi connectivity index (χ2n) is 7.57. The zero-order valence-electron chi connectivity index (χ0n) is 13.1. The van der Waals surface area contributed by atoms with Gasteiger partial charge < -0.3 is 16.4 Å². The minimum atomic E-state index is -0.0663. The molecular formula is C16H25N3O. The molecule has 2 rings (SSSR count). The van der Waals surface area contributed by atoms with E-state index in [0.29, 0.717) is 12.1 Å². The highest BCUT2D eigenvalue weighted by atomic mass is 16.1. The zero-order chi connectivity index (χ0) is 15.1. The van der Waals surface area contributed by atoms with E-state index in [0.717, 1.165) is 23.4 Å². The third-order valence-corrected chi connectivity index (χ3v) is 3.35. The van der Waals surface area contributed by atoms with Gasteiger partial charge in [0.05, 0.1) is 17.8 Å². The largest absolute Gasteiger partial charge is 0.397 e. The number of nitrogens with two attached hydrogens (primary N) is 1. The van der Waals surface area contributed by atoms with E-state index in [1.165, 1.54) is 0 Å². The highest BCUT2D eigenvalue weighted by Crippen LogP contribution is 2.35. The van der Waals surface area contributed by atoms with Crippen molar-refractivity contribution in [2.24, 2.45) is 5.41 Å². The first-order chi connectivity index (χ1) is 9.06. The van der Waals surface area contributed by atoms with E-state index in [-0.39, 0.29) is 16.9 Å². The molecule has 1 aromatic rings. The van der Waals surface area contributed by atoms with Gasteiger partial charge in [-0.1, -0.05) is 20.8 Å². The Balaban J connectivity index is 2.22. The third-order valence-electron chi connectivity index (χ3n) is 3.35. The molecule has 4 nitrogen and oxygen atoms in total. The molecule has 0 spiro atoms. The van der Waals surface area contributed by atoms with Crippen LogP contribution in [-0.2, 0) is 11.2 Å². The number of hydrogen-bond donors (Lipinski definition) is 3. The monoisotopic (exact) mass is 275 g/mol. The van der Waals surface area contributed by atoms with Gasteiger partial charge >= 0.3 is 0 Å². The van der Waals surface area contributed by atoms with E-state index in [1.54, 1.807) is 0 Å². The van der Waals surface area contributed by atoms with E-state index >= 15 is 0 Å². The maximum Gasteiger partial charge on any atom is 0.228 e. The van der Waals surface area contributed by atoms with Crippen LogP contribution in [0.2, 0.25) is 0 Å². The Kier molecular flexibility index (Phi) is 3.44. The lowest BCUT2D eigenvalue weighted by Gasteiger charge is -2.34. The summed E-state index contributed by atoms with van der Waals surface area (Å²) >= 11 is 0. The van der Waals surface area contributed by atoms with Crippen molar-refractivity contribution in [1.82, 2.24) is 0 Å². The number of anilines is 3. The fourth-order valence-electron chi connectivity index (χ4n) is 3.14. The molecule has 0 aliphatic carbocycles. The van der Waals surface area contributed by atoms with Gasteiger partial charge in [-0.25, -0.2) is 0 Å². The summed E-state index contributed by atoms with van der Waals surface area (Å²) in [4.78, 5) is 11.4. The molecule has 0 bridgehead atoms. The van der Waals surface area contributed by atoms with Crippen molar-refractivity contribution in [3.05, 3.63) is 17.7 Å². The number of hydrogen-bond acceptors (Lipinski definition) is 3. The Hall–Kier alpha value is -1.71. The standard InChI is InChI=1S/C16H25N3O/c1-15(2,3)9-16(4,5)19-13-8-12-10(6-11(13)17)7-14(20)18-12/h6,8,19H,7,9,17H2,1-5H3,(H,18,20). The summed E-state index contributed by atoms with van der Waals surface area (Å²) in [6, 6.07) is 3.84. The van der Waals surface area contributed by atoms with Crippen LogP contribution < -0.4 is 16.4 Å². The zero-order valence-corrected chi connectivity index (χ0v) is 13.1. The summed E-state index contributed by atoms with van der Waals surface area (Å²) in [5.74, 6) is 0.0329. The first-order valence-electron chi connectivity index (χ1n) is 7.06. The topological polar surface area (TPSA) is 67.1 Å². The number of carbonyl (C=O) groups is 1. The van der Waals surface area contributed by atoms with Crippen LogP contribution in [-0.4, -0.2) is 11.4 Å². The second-order valence-corrected chi connectivity index (χ2v) is 7.57. The Labute approximate surface area is 121 Å². The Bertz CT molecular complexity index is 541. The van der Waals surface area contributed by atoms with Crippen LogP contribution in [0.25, 0.3) is 0 Å². The average molecular weight is 275 g/mol. The van der Waals surface area contributed by atoms with E-state index in [9.17, 15) is 4.79 Å². The van der Waals surface area contributed by atoms with E-state index in [2.05, 4.69) is 45.3 Å². The molecule has 0 saturated heterocycles. The lowest BCUT2D eigenvalue weighted by molar-refractivity contribution is -0.115. The second kappa shape index (κ2) is 4.69. The van der Waals surface area contributed by atoms with Crippen molar-refractivity contribution in [3.8, 4) is 0 Å². The van der Waals surface area contributed by atoms with Gasteiger partial charge in [-0.15, -0.1) is 0 Å². The van der Waals surface area contributed by atoms with Crippen LogP contribution in [0.15, 0.2) is 12.1 Å². The van der Waals surface area contributed by atoms with Gasteiger partial charge in [-0.2, -0.15) is 0 Å². The van der Waals surface area contributed by atoms with Crippen molar-refractivity contribution in [2.75, 3.05) is 16.4 Å². The van der Waals surface area contributed by atoms with Crippen molar-refractivity contribution in [2.45, 2.75) is 53.0 Å². The average Bonchev–Trinajstić information content (AvgIpc) is 2.53. The number of benzene rings is 1.